The Kier molecular flexibility index (Phi) is 3.25. The Morgan fingerprint density at radius 3 is 2.67 bits per heavy atom. The molecule has 0 aromatic carbocycles. The highest BCUT2D eigenvalue weighted by atomic mass is 19.3. The lowest BCUT2D eigenvalue weighted by atomic mass is 10.1. The second kappa shape index (κ2) is 4.26. The topological polar surface area (TPSA) is 76.3 Å². The van der Waals surface area contributed by atoms with Crippen LogP contribution in [0.5, 0.6) is 0 Å². The van der Waals surface area contributed by atoms with Crippen molar-refractivity contribution in [1.82, 2.24) is 4.98 Å². The number of alkyl halides is 2. The zero-order valence-corrected chi connectivity index (χ0v) is 7.78. The summed E-state index contributed by atoms with van der Waals surface area (Å²) in [5.41, 5.74) is -1.29. The van der Waals surface area contributed by atoms with Crippen molar-refractivity contribution in [3.63, 3.8) is 0 Å². The highest BCUT2D eigenvalue weighted by Crippen LogP contribution is 2.27. The van der Waals surface area contributed by atoms with Crippen molar-refractivity contribution in [2.24, 2.45) is 0 Å². The summed E-state index contributed by atoms with van der Waals surface area (Å²) >= 11 is 0. The second-order valence-corrected chi connectivity index (χ2v) is 2.84. The third-order valence-corrected chi connectivity index (χ3v) is 1.89. The van der Waals surface area contributed by atoms with Gasteiger partial charge in [0, 0.05) is 17.3 Å². The molecule has 0 saturated carbocycles. The molecule has 7 heteroatoms. The summed E-state index contributed by atoms with van der Waals surface area (Å²) in [4.78, 5) is 13.2. The standard InChI is InChI=1S/C8H8F2N2O3/c1-4-5(8(9)10)2-7(12(14)15)6(3-13)11-4/h2,8,13H,3H2,1H3. The normalized spacial score (nSPS) is 10.7. The number of aryl methyl sites for hydroxylation is 1. The molecule has 0 radical (unpaired) electrons. The van der Waals surface area contributed by atoms with Crippen molar-refractivity contribution < 1.29 is 18.8 Å². The molecule has 0 fully saturated rings. The number of nitrogens with zero attached hydrogens (tertiary/aromatic N) is 2. The van der Waals surface area contributed by atoms with Crippen molar-refractivity contribution in [1.29, 1.82) is 0 Å². The first-order valence-corrected chi connectivity index (χ1v) is 4.01. The van der Waals surface area contributed by atoms with Crippen molar-refractivity contribution in [3.8, 4) is 0 Å². The summed E-state index contributed by atoms with van der Waals surface area (Å²) < 4.78 is 24.8. The minimum atomic E-state index is -2.82. The van der Waals surface area contributed by atoms with Crippen LogP contribution in [0.25, 0.3) is 0 Å². The maximum absolute atomic E-state index is 12.4. The molecule has 1 N–H and O–H groups in total. The van der Waals surface area contributed by atoms with Crippen molar-refractivity contribution >= 4 is 5.69 Å². The van der Waals surface area contributed by atoms with Gasteiger partial charge in [0.2, 0.25) is 0 Å². The second-order valence-electron chi connectivity index (χ2n) is 2.84. The number of aromatic nitrogens is 1. The molecule has 15 heavy (non-hydrogen) atoms. The van der Waals surface area contributed by atoms with Gasteiger partial charge in [-0.3, -0.25) is 10.1 Å². The van der Waals surface area contributed by atoms with Crippen molar-refractivity contribution in [2.75, 3.05) is 0 Å². The van der Waals surface area contributed by atoms with Crippen molar-refractivity contribution in [2.45, 2.75) is 20.0 Å². The summed E-state index contributed by atoms with van der Waals surface area (Å²) in [6.07, 6.45) is -2.82. The Balaban J connectivity index is 3.37. The van der Waals surface area contributed by atoms with Crippen LogP contribution in [0.1, 0.15) is 23.4 Å². The van der Waals surface area contributed by atoms with E-state index < -0.39 is 29.2 Å². The largest absolute Gasteiger partial charge is 0.390 e. The lowest BCUT2D eigenvalue weighted by Crippen LogP contribution is -2.03. The van der Waals surface area contributed by atoms with Gasteiger partial charge in [-0.2, -0.15) is 0 Å². The molecule has 0 atom stereocenters. The lowest BCUT2D eigenvalue weighted by molar-refractivity contribution is -0.386. The zero-order valence-electron chi connectivity index (χ0n) is 7.78. The SMILES string of the molecule is Cc1nc(CO)c([N+](=O)[O-])cc1C(F)F. The quantitative estimate of drug-likeness (QED) is 0.619. The van der Waals surface area contributed by atoms with Crippen LogP contribution in [0.15, 0.2) is 6.07 Å². The predicted molar refractivity (Wildman–Crippen MR) is 46.5 cm³/mol. The lowest BCUT2D eigenvalue weighted by Gasteiger charge is -2.06. The minimum Gasteiger partial charge on any atom is -0.390 e. The monoisotopic (exact) mass is 218 g/mol. The molecule has 1 rings (SSSR count). The summed E-state index contributed by atoms with van der Waals surface area (Å²) in [6.45, 7) is 0.658. The fourth-order valence-corrected chi connectivity index (χ4v) is 1.15. The number of pyridine rings is 1. The number of rotatable bonds is 3. The molecule has 0 aliphatic carbocycles. The molecule has 0 aliphatic heterocycles. The smallest absolute Gasteiger partial charge is 0.293 e. The van der Waals surface area contributed by atoms with E-state index in [9.17, 15) is 18.9 Å². The van der Waals surface area contributed by atoms with Gasteiger partial charge in [-0.25, -0.2) is 13.8 Å². The van der Waals surface area contributed by atoms with Crippen LogP contribution in [0.3, 0.4) is 0 Å². The van der Waals surface area contributed by atoms with Gasteiger partial charge in [0.25, 0.3) is 12.1 Å². The van der Waals surface area contributed by atoms with Crippen LogP contribution in [0.4, 0.5) is 14.5 Å². The highest BCUT2D eigenvalue weighted by molar-refractivity contribution is 5.41. The molecule has 0 amide bonds. The maximum atomic E-state index is 12.4. The number of hydrogen-bond acceptors (Lipinski definition) is 4. The third-order valence-electron chi connectivity index (χ3n) is 1.89. The van der Waals surface area contributed by atoms with Crippen LogP contribution in [0.2, 0.25) is 0 Å². The van der Waals surface area contributed by atoms with E-state index in [2.05, 4.69) is 4.98 Å². The van der Waals surface area contributed by atoms with E-state index in [0.29, 0.717) is 0 Å². The average molecular weight is 218 g/mol. The van der Waals surface area contributed by atoms with E-state index in [1.54, 1.807) is 0 Å². The Bertz CT molecular complexity index is 396. The first-order valence-electron chi connectivity index (χ1n) is 4.01. The first-order chi connectivity index (χ1) is 6.97. The van der Waals surface area contributed by atoms with E-state index in [1.807, 2.05) is 0 Å². The van der Waals surface area contributed by atoms with Crippen molar-refractivity contribution in [3.05, 3.63) is 33.1 Å². The molecule has 0 aliphatic rings. The molecule has 82 valence electrons. The van der Waals surface area contributed by atoms with Crippen LogP contribution >= 0.6 is 0 Å². The highest BCUT2D eigenvalue weighted by Gasteiger charge is 2.21. The van der Waals surface area contributed by atoms with Gasteiger partial charge in [0.05, 0.1) is 11.5 Å². The predicted octanol–water partition coefficient (Wildman–Crippen LogP) is 1.73. The first kappa shape index (κ1) is 11.4. The van der Waals surface area contributed by atoms with Gasteiger partial charge < -0.3 is 5.11 Å². The Hall–Kier alpha value is -1.63. The van der Waals surface area contributed by atoms with Crippen LogP contribution in [0, 0.1) is 17.0 Å². The van der Waals surface area contributed by atoms with E-state index >= 15 is 0 Å². The van der Waals surface area contributed by atoms with Gasteiger partial charge in [-0.15, -0.1) is 0 Å². The maximum Gasteiger partial charge on any atom is 0.293 e. The van der Waals surface area contributed by atoms with E-state index in [-0.39, 0.29) is 11.4 Å². The molecule has 0 bridgehead atoms. The number of aliphatic hydroxyl groups is 1. The number of aliphatic hydroxyl groups excluding tert-OH is 1. The van der Waals surface area contributed by atoms with Gasteiger partial charge in [0.15, 0.2) is 0 Å². The molecule has 0 unspecified atom stereocenters. The fraction of sp³-hybridized carbons (Fsp3) is 0.375. The number of hydrogen-bond donors (Lipinski definition) is 1. The van der Waals surface area contributed by atoms with Crippen LogP contribution in [-0.2, 0) is 6.61 Å². The summed E-state index contributed by atoms with van der Waals surface area (Å²) in [7, 11) is 0. The number of halogens is 2. The minimum absolute atomic E-state index is 0.0142. The Morgan fingerprint density at radius 2 is 2.27 bits per heavy atom. The van der Waals surface area contributed by atoms with Gasteiger partial charge in [-0.05, 0) is 6.92 Å². The molecule has 1 aromatic heterocycles. The van der Waals surface area contributed by atoms with Gasteiger partial charge in [-0.1, -0.05) is 0 Å². The molecular formula is C8H8F2N2O3. The van der Waals surface area contributed by atoms with Crippen LogP contribution in [-0.4, -0.2) is 15.0 Å². The zero-order chi connectivity index (χ0) is 11.6. The van der Waals surface area contributed by atoms with E-state index in [4.69, 9.17) is 5.11 Å². The summed E-state index contributed by atoms with van der Waals surface area (Å²) in [5, 5.41) is 19.2. The molecular weight excluding hydrogens is 210 g/mol. The molecule has 0 saturated heterocycles. The third kappa shape index (κ3) is 2.24. The van der Waals surface area contributed by atoms with Gasteiger partial charge in [0.1, 0.15) is 5.69 Å². The Morgan fingerprint density at radius 1 is 1.67 bits per heavy atom. The molecule has 0 spiro atoms. The number of nitro groups is 1. The van der Waals surface area contributed by atoms with E-state index in [1.165, 1.54) is 6.92 Å². The molecule has 1 heterocycles. The van der Waals surface area contributed by atoms with Gasteiger partial charge >= 0.3 is 0 Å². The average Bonchev–Trinajstić information content (AvgIpc) is 2.16. The van der Waals surface area contributed by atoms with Crippen LogP contribution < -0.4 is 0 Å². The van der Waals surface area contributed by atoms with E-state index in [0.717, 1.165) is 6.07 Å². The molecule has 5 nitrogen and oxygen atoms in total. The summed E-state index contributed by atoms with van der Waals surface area (Å²) in [5.74, 6) is 0. The fourth-order valence-electron chi connectivity index (χ4n) is 1.15. The Labute approximate surface area is 83.5 Å². The summed E-state index contributed by atoms with van der Waals surface area (Å²) in [6, 6.07) is 0.749. The molecule has 1 aromatic rings.